The van der Waals surface area contributed by atoms with E-state index in [2.05, 4.69) is 33.4 Å². The van der Waals surface area contributed by atoms with Crippen molar-refractivity contribution in [1.82, 2.24) is 5.43 Å². The molecular formula is C16H17BrN2O3. The van der Waals surface area contributed by atoms with Gasteiger partial charge in [0, 0.05) is 0 Å². The number of halogens is 1. The van der Waals surface area contributed by atoms with Gasteiger partial charge in [0.2, 0.25) is 0 Å². The van der Waals surface area contributed by atoms with Crippen molar-refractivity contribution in [1.29, 1.82) is 0 Å². The Kier molecular flexibility index (Phi) is 5.77. The molecule has 2 rings (SSSR count). The molecule has 1 aromatic heterocycles. The molecule has 0 saturated carbocycles. The predicted molar refractivity (Wildman–Crippen MR) is 88.1 cm³/mol. The van der Waals surface area contributed by atoms with Crippen molar-refractivity contribution in [2.45, 2.75) is 20.3 Å². The molecule has 1 heterocycles. The number of amides is 1. The highest BCUT2D eigenvalue weighted by molar-refractivity contribution is 9.10. The summed E-state index contributed by atoms with van der Waals surface area (Å²) < 4.78 is 11.5. The largest absolute Gasteiger partial charge is 0.483 e. The molecule has 6 heteroatoms. The van der Waals surface area contributed by atoms with Crippen molar-refractivity contribution >= 4 is 27.5 Å². The van der Waals surface area contributed by atoms with Crippen LogP contribution in [0.15, 0.2) is 50.6 Å². The Morgan fingerprint density at radius 2 is 2.23 bits per heavy atom. The molecule has 1 N–H and O–H groups in total. The average Bonchev–Trinajstić information content (AvgIpc) is 3.05. The molecule has 0 aliphatic heterocycles. The third kappa shape index (κ3) is 4.46. The molecule has 0 saturated heterocycles. The molecule has 0 fully saturated rings. The second-order valence-electron chi connectivity index (χ2n) is 4.62. The quantitative estimate of drug-likeness (QED) is 0.629. The Balaban J connectivity index is 1.87. The highest BCUT2D eigenvalue weighted by Crippen LogP contribution is 2.26. The maximum absolute atomic E-state index is 11.7. The minimum atomic E-state index is -0.336. The second-order valence-corrected chi connectivity index (χ2v) is 5.47. The summed E-state index contributed by atoms with van der Waals surface area (Å²) in [6.07, 6.45) is 2.50. The van der Waals surface area contributed by atoms with Gasteiger partial charge in [-0.3, -0.25) is 4.79 Å². The summed E-state index contributed by atoms with van der Waals surface area (Å²) in [5, 5.41) is 3.96. The lowest BCUT2D eigenvalue weighted by Gasteiger charge is -2.08. The Hall–Kier alpha value is -2.08. The number of benzene rings is 1. The van der Waals surface area contributed by atoms with E-state index in [4.69, 9.17) is 9.15 Å². The van der Waals surface area contributed by atoms with Gasteiger partial charge in [-0.15, -0.1) is 0 Å². The van der Waals surface area contributed by atoms with Crippen molar-refractivity contribution in [3.8, 4) is 5.75 Å². The van der Waals surface area contributed by atoms with Gasteiger partial charge in [0.05, 0.1) is 10.7 Å². The summed E-state index contributed by atoms with van der Waals surface area (Å²) in [6, 6.07) is 9.32. The topological polar surface area (TPSA) is 63.8 Å². The first-order valence-corrected chi connectivity index (χ1v) is 7.67. The molecule has 22 heavy (non-hydrogen) atoms. The fraction of sp³-hybridized carbons (Fsp3) is 0.250. The lowest BCUT2D eigenvalue weighted by molar-refractivity contribution is -0.123. The molecular weight excluding hydrogens is 348 g/mol. The Morgan fingerprint density at radius 1 is 1.41 bits per heavy atom. The number of aryl methyl sites for hydroxylation is 1. The minimum absolute atomic E-state index is 0.112. The van der Waals surface area contributed by atoms with Crippen molar-refractivity contribution in [2.75, 3.05) is 6.61 Å². The van der Waals surface area contributed by atoms with Crippen molar-refractivity contribution in [2.24, 2.45) is 5.10 Å². The number of rotatable bonds is 6. The first kappa shape index (κ1) is 16.3. The van der Waals surface area contributed by atoms with Crippen LogP contribution in [0, 0.1) is 0 Å². The number of hydrazone groups is 1. The van der Waals surface area contributed by atoms with E-state index in [9.17, 15) is 4.79 Å². The molecule has 0 spiro atoms. The van der Waals surface area contributed by atoms with Crippen molar-refractivity contribution in [3.05, 3.63) is 52.4 Å². The molecule has 116 valence electrons. The smallest absolute Gasteiger partial charge is 0.277 e. The summed E-state index contributed by atoms with van der Waals surface area (Å²) in [4.78, 5) is 11.7. The van der Waals surface area contributed by atoms with E-state index in [-0.39, 0.29) is 12.5 Å². The SMILES string of the molecule is CCc1ccc(OCC(=O)NN=C(C)c2ccco2)c(Br)c1. The molecule has 2 aromatic rings. The summed E-state index contributed by atoms with van der Waals surface area (Å²) >= 11 is 3.43. The molecule has 0 aliphatic rings. The second kappa shape index (κ2) is 7.79. The van der Waals surface area contributed by atoms with Crippen LogP contribution in [0.2, 0.25) is 0 Å². The molecule has 0 aliphatic carbocycles. The predicted octanol–water partition coefficient (Wildman–Crippen LogP) is 3.52. The number of nitrogens with zero attached hydrogens (tertiary/aromatic N) is 1. The number of carbonyl (C=O) groups is 1. The van der Waals surface area contributed by atoms with Crippen LogP contribution in [0.4, 0.5) is 0 Å². The fourth-order valence-electron chi connectivity index (χ4n) is 1.74. The number of furan rings is 1. The molecule has 0 radical (unpaired) electrons. The van der Waals surface area contributed by atoms with Gasteiger partial charge in [-0.2, -0.15) is 5.10 Å². The van der Waals surface area contributed by atoms with Gasteiger partial charge in [-0.1, -0.05) is 13.0 Å². The van der Waals surface area contributed by atoms with E-state index in [1.165, 1.54) is 5.56 Å². The van der Waals surface area contributed by atoms with Gasteiger partial charge in [0.15, 0.2) is 6.61 Å². The van der Waals surface area contributed by atoms with Gasteiger partial charge in [0.25, 0.3) is 5.91 Å². The van der Waals surface area contributed by atoms with Crippen LogP contribution in [0.25, 0.3) is 0 Å². The maximum Gasteiger partial charge on any atom is 0.277 e. The standard InChI is InChI=1S/C16H17BrN2O3/c1-3-12-6-7-15(13(17)9-12)22-10-16(20)19-18-11(2)14-5-4-8-21-14/h4-9H,3,10H2,1-2H3,(H,19,20). The summed E-state index contributed by atoms with van der Waals surface area (Å²) in [6.45, 7) is 3.72. The molecule has 5 nitrogen and oxygen atoms in total. The molecule has 0 bridgehead atoms. The minimum Gasteiger partial charge on any atom is -0.483 e. The number of hydrogen-bond donors (Lipinski definition) is 1. The highest BCUT2D eigenvalue weighted by Gasteiger charge is 2.07. The van der Waals surface area contributed by atoms with Gasteiger partial charge in [-0.05, 0) is 59.1 Å². The zero-order chi connectivity index (χ0) is 15.9. The lowest BCUT2D eigenvalue weighted by Crippen LogP contribution is -2.25. The summed E-state index contributed by atoms with van der Waals surface area (Å²) in [5.41, 5.74) is 4.22. The zero-order valence-corrected chi connectivity index (χ0v) is 14.0. The zero-order valence-electron chi connectivity index (χ0n) is 12.4. The third-order valence-electron chi connectivity index (χ3n) is 2.99. The van der Waals surface area contributed by atoms with Crippen LogP contribution >= 0.6 is 15.9 Å². The van der Waals surface area contributed by atoms with E-state index in [1.807, 2.05) is 18.2 Å². The van der Waals surface area contributed by atoms with Gasteiger partial charge in [0.1, 0.15) is 17.2 Å². The van der Waals surface area contributed by atoms with Crippen LogP contribution in [-0.4, -0.2) is 18.2 Å². The monoisotopic (exact) mass is 364 g/mol. The van der Waals surface area contributed by atoms with Gasteiger partial charge in [-0.25, -0.2) is 5.43 Å². The number of ether oxygens (including phenoxy) is 1. The molecule has 1 amide bonds. The van der Waals surface area contributed by atoms with Gasteiger partial charge < -0.3 is 9.15 Å². The number of nitrogens with one attached hydrogen (secondary N) is 1. The average molecular weight is 365 g/mol. The van der Waals surface area contributed by atoms with Crippen molar-refractivity contribution < 1.29 is 13.9 Å². The van der Waals surface area contributed by atoms with E-state index >= 15 is 0 Å². The van der Waals surface area contributed by atoms with E-state index < -0.39 is 0 Å². The Bertz CT molecular complexity index is 666. The maximum atomic E-state index is 11.7. The molecule has 0 unspecified atom stereocenters. The van der Waals surface area contributed by atoms with Crippen LogP contribution in [0.5, 0.6) is 5.75 Å². The lowest BCUT2D eigenvalue weighted by atomic mass is 10.2. The fourth-order valence-corrected chi connectivity index (χ4v) is 2.28. The molecule has 1 aromatic carbocycles. The normalized spacial score (nSPS) is 11.3. The molecule has 0 atom stereocenters. The highest BCUT2D eigenvalue weighted by atomic mass is 79.9. The van der Waals surface area contributed by atoms with E-state index in [1.54, 1.807) is 25.3 Å². The van der Waals surface area contributed by atoms with Crippen LogP contribution < -0.4 is 10.2 Å². The van der Waals surface area contributed by atoms with E-state index in [0.29, 0.717) is 17.2 Å². The summed E-state index contributed by atoms with van der Waals surface area (Å²) in [5.74, 6) is 0.899. The van der Waals surface area contributed by atoms with Crippen LogP contribution in [0.1, 0.15) is 25.2 Å². The summed E-state index contributed by atoms with van der Waals surface area (Å²) in [7, 11) is 0. The third-order valence-corrected chi connectivity index (χ3v) is 3.61. The van der Waals surface area contributed by atoms with Crippen LogP contribution in [-0.2, 0) is 11.2 Å². The number of carbonyl (C=O) groups excluding carboxylic acids is 1. The Labute approximate surface area is 137 Å². The first-order chi connectivity index (χ1) is 10.6. The number of hydrogen-bond acceptors (Lipinski definition) is 4. The van der Waals surface area contributed by atoms with Gasteiger partial charge >= 0.3 is 0 Å². The Morgan fingerprint density at radius 3 is 2.86 bits per heavy atom. The van der Waals surface area contributed by atoms with Crippen LogP contribution in [0.3, 0.4) is 0 Å². The van der Waals surface area contributed by atoms with E-state index in [0.717, 1.165) is 10.9 Å². The van der Waals surface area contributed by atoms with Crippen molar-refractivity contribution in [3.63, 3.8) is 0 Å². The first-order valence-electron chi connectivity index (χ1n) is 6.88.